The first-order chi connectivity index (χ1) is 6.71. The Hall–Kier alpha value is 0. The van der Waals surface area contributed by atoms with E-state index >= 15 is 0 Å². The van der Waals surface area contributed by atoms with Crippen molar-refractivity contribution < 1.29 is 0 Å². The van der Waals surface area contributed by atoms with Crippen LogP contribution < -0.4 is 0 Å². The third-order valence-corrected chi connectivity index (χ3v) is 5.51. The molecule has 0 amide bonds. The molecule has 0 radical (unpaired) electrons. The molecule has 4 aliphatic rings. The highest BCUT2D eigenvalue weighted by Crippen LogP contribution is 2.63. The smallest absolute Gasteiger partial charge is 0.0290 e. The second kappa shape index (κ2) is 3.00. The summed E-state index contributed by atoms with van der Waals surface area (Å²) in [7, 11) is 0. The van der Waals surface area contributed by atoms with Crippen molar-refractivity contribution in [2.24, 2.45) is 29.1 Å². The van der Waals surface area contributed by atoms with E-state index in [1.165, 1.54) is 12.8 Å². The van der Waals surface area contributed by atoms with E-state index in [9.17, 15) is 0 Å². The van der Waals surface area contributed by atoms with Gasteiger partial charge in [-0.05, 0) is 67.6 Å². The van der Waals surface area contributed by atoms with Gasteiger partial charge in [-0.3, -0.25) is 0 Å². The molecule has 0 aromatic rings. The van der Waals surface area contributed by atoms with Gasteiger partial charge in [0.05, 0.1) is 0 Å². The molecule has 3 unspecified atom stereocenters. The van der Waals surface area contributed by atoms with Crippen molar-refractivity contribution in [1.29, 1.82) is 0 Å². The molecule has 0 heterocycles. The van der Waals surface area contributed by atoms with E-state index in [0.717, 1.165) is 29.1 Å². The Morgan fingerprint density at radius 3 is 2.21 bits per heavy atom. The van der Waals surface area contributed by atoms with Gasteiger partial charge in [0.15, 0.2) is 0 Å². The van der Waals surface area contributed by atoms with Gasteiger partial charge in [0.1, 0.15) is 0 Å². The highest BCUT2D eigenvalue weighted by atomic mass is 14.6. The summed E-state index contributed by atoms with van der Waals surface area (Å²) in [6.45, 7) is 4.98. The first-order valence-electron chi connectivity index (χ1n) is 6.71. The summed E-state index contributed by atoms with van der Waals surface area (Å²) in [4.78, 5) is 0. The second-order valence-corrected chi connectivity index (χ2v) is 6.66. The van der Waals surface area contributed by atoms with Crippen LogP contribution in [-0.2, 0) is 0 Å². The molecule has 0 aliphatic heterocycles. The van der Waals surface area contributed by atoms with Crippen LogP contribution >= 0.6 is 0 Å². The van der Waals surface area contributed by atoms with E-state index < -0.39 is 0 Å². The van der Waals surface area contributed by atoms with Crippen LogP contribution in [0.25, 0.3) is 0 Å². The number of rotatable bonds is 2. The molecule has 4 fully saturated rings. The Labute approximate surface area is 88.5 Å². The van der Waals surface area contributed by atoms with Gasteiger partial charge in [0, 0.05) is 0 Å². The van der Waals surface area contributed by atoms with Crippen LogP contribution in [0, 0.1) is 29.1 Å². The normalized spacial score (nSPS) is 55.3. The van der Waals surface area contributed by atoms with E-state index in [2.05, 4.69) is 13.8 Å². The maximum Gasteiger partial charge on any atom is -0.0290 e. The Morgan fingerprint density at radius 2 is 1.71 bits per heavy atom. The summed E-state index contributed by atoms with van der Waals surface area (Å²) in [5, 5.41) is 0. The topological polar surface area (TPSA) is 0 Å². The van der Waals surface area contributed by atoms with Crippen molar-refractivity contribution in [2.45, 2.75) is 58.8 Å². The van der Waals surface area contributed by atoms with Gasteiger partial charge >= 0.3 is 0 Å². The fourth-order valence-corrected chi connectivity index (χ4v) is 5.45. The lowest BCUT2D eigenvalue weighted by molar-refractivity contribution is -0.101. The minimum Gasteiger partial charge on any atom is -0.0654 e. The van der Waals surface area contributed by atoms with Crippen molar-refractivity contribution in [1.82, 2.24) is 0 Å². The van der Waals surface area contributed by atoms with E-state index in [-0.39, 0.29) is 0 Å². The fourth-order valence-electron chi connectivity index (χ4n) is 5.45. The largest absolute Gasteiger partial charge is 0.0654 e. The van der Waals surface area contributed by atoms with Crippen LogP contribution in [0.1, 0.15) is 58.8 Å². The molecule has 0 spiro atoms. The average molecular weight is 192 g/mol. The van der Waals surface area contributed by atoms with Gasteiger partial charge in [-0.15, -0.1) is 0 Å². The van der Waals surface area contributed by atoms with Crippen molar-refractivity contribution in [2.75, 3.05) is 0 Å². The molecule has 4 aliphatic carbocycles. The summed E-state index contributed by atoms with van der Waals surface area (Å²) in [6, 6.07) is 0. The molecular formula is C14H24. The van der Waals surface area contributed by atoms with E-state index in [1.54, 1.807) is 32.1 Å². The molecule has 80 valence electrons. The van der Waals surface area contributed by atoms with Crippen molar-refractivity contribution in [3.63, 3.8) is 0 Å². The van der Waals surface area contributed by atoms with Crippen molar-refractivity contribution in [3.05, 3.63) is 0 Å². The van der Waals surface area contributed by atoms with Gasteiger partial charge in [-0.1, -0.05) is 20.3 Å². The lowest BCUT2D eigenvalue weighted by Gasteiger charge is -2.60. The van der Waals surface area contributed by atoms with Gasteiger partial charge in [0.25, 0.3) is 0 Å². The minimum absolute atomic E-state index is 0.769. The molecule has 0 nitrogen and oxygen atoms in total. The Balaban J connectivity index is 1.86. The third-order valence-electron chi connectivity index (χ3n) is 5.51. The monoisotopic (exact) mass is 192 g/mol. The van der Waals surface area contributed by atoms with Gasteiger partial charge in [-0.2, -0.15) is 0 Å². The maximum absolute atomic E-state index is 2.61. The molecule has 14 heavy (non-hydrogen) atoms. The van der Waals surface area contributed by atoms with Crippen LogP contribution in [0.2, 0.25) is 0 Å². The highest BCUT2D eigenvalue weighted by molar-refractivity contribution is 5.03. The minimum atomic E-state index is 0.769. The Morgan fingerprint density at radius 1 is 1.07 bits per heavy atom. The SMILES string of the molecule is CCCC1C2CC3CC(C2)CC1(C)C3. The molecule has 4 bridgehead atoms. The van der Waals surface area contributed by atoms with Crippen LogP contribution in [0.5, 0.6) is 0 Å². The van der Waals surface area contributed by atoms with E-state index in [4.69, 9.17) is 0 Å². The van der Waals surface area contributed by atoms with Crippen molar-refractivity contribution in [3.8, 4) is 0 Å². The quantitative estimate of drug-likeness (QED) is 0.613. The lowest BCUT2D eigenvalue weighted by atomic mass is 9.45. The molecule has 0 aromatic carbocycles. The predicted octanol–water partition coefficient (Wildman–Crippen LogP) is 4.25. The van der Waals surface area contributed by atoms with Crippen LogP contribution in [0.3, 0.4) is 0 Å². The van der Waals surface area contributed by atoms with Crippen LogP contribution in [0.15, 0.2) is 0 Å². The van der Waals surface area contributed by atoms with E-state index in [0.29, 0.717) is 0 Å². The van der Waals surface area contributed by atoms with Gasteiger partial charge in [0.2, 0.25) is 0 Å². The van der Waals surface area contributed by atoms with Crippen LogP contribution in [-0.4, -0.2) is 0 Å². The summed E-state index contributed by atoms with van der Waals surface area (Å²) in [5.74, 6) is 4.49. The zero-order valence-corrected chi connectivity index (χ0v) is 9.76. The highest BCUT2D eigenvalue weighted by Gasteiger charge is 2.53. The average Bonchev–Trinajstić information content (AvgIpc) is 2.09. The second-order valence-electron chi connectivity index (χ2n) is 6.66. The molecule has 0 saturated heterocycles. The zero-order valence-electron chi connectivity index (χ0n) is 9.76. The zero-order chi connectivity index (χ0) is 9.76. The molecule has 0 aromatic heterocycles. The summed E-state index contributed by atoms with van der Waals surface area (Å²) >= 11 is 0. The Kier molecular flexibility index (Phi) is 1.98. The summed E-state index contributed by atoms with van der Waals surface area (Å²) in [5.41, 5.74) is 0.769. The first-order valence-corrected chi connectivity index (χ1v) is 6.71. The van der Waals surface area contributed by atoms with Crippen LogP contribution in [0.4, 0.5) is 0 Å². The van der Waals surface area contributed by atoms with Crippen molar-refractivity contribution >= 4 is 0 Å². The predicted molar refractivity (Wildman–Crippen MR) is 60.1 cm³/mol. The fraction of sp³-hybridized carbons (Fsp3) is 1.00. The lowest BCUT2D eigenvalue weighted by Crippen LogP contribution is -2.51. The molecule has 3 atom stereocenters. The maximum atomic E-state index is 2.61. The first kappa shape index (κ1) is 9.24. The molecule has 4 saturated carbocycles. The summed E-state index contributed by atoms with van der Waals surface area (Å²) in [6.07, 6.45) is 10.8. The van der Waals surface area contributed by atoms with E-state index in [1.807, 2.05) is 0 Å². The molecular weight excluding hydrogens is 168 g/mol. The Bertz CT molecular complexity index is 216. The van der Waals surface area contributed by atoms with Gasteiger partial charge < -0.3 is 0 Å². The molecule has 0 N–H and O–H groups in total. The standard InChI is InChI=1S/C14H24/c1-3-4-13-12-6-10-5-11(7-12)9-14(13,2)8-10/h10-13H,3-9H2,1-2H3. The number of hydrogen-bond acceptors (Lipinski definition) is 0. The summed E-state index contributed by atoms with van der Waals surface area (Å²) < 4.78 is 0. The number of hydrogen-bond donors (Lipinski definition) is 0. The molecule has 0 heteroatoms. The third kappa shape index (κ3) is 1.19. The molecule has 4 rings (SSSR count). The van der Waals surface area contributed by atoms with Gasteiger partial charge in [-0.25, -0.2) is 0 Å².